The van der Waals surface area contributed by atoms with Gasteiger partial charge in [0.15, 0.2) is 0 Å². The molecular formula is C34H51N3O4. The van der Waals surface area contributed by atoms with Gasteiger partial charge in [-0.1, -0.05) is 82.0 Å². The molecule has 7 heteroatoms. The maximum atomic E-state index is 14.5. The van der Waals surface area contributed by atoms with Crippen LogP contribution in [-0.4, -0.2) is 41.0 Å². The van der Waals surface area contributed by atoms with Crippen molar-refractivity contribution in [1.82, 2.24) is 10.2 Å². The summed E-state index contributed by atoms with van der Waals surface area (Å²) in [6, 6.07) is 10.1. The fourth-order valence-corrected chi connectivity index (χ4v) is 4.90. The van der Waals surface area contributed by atoms with Crippen LogP contribution < -0.4 is 10.6 Å². The number of aryl methyl sites for hydroxylation is 4. The molecule has 2 aromatic rings. The van der Waals surface area contributed by atoms with Crippen LogP contribution in [0, 0.1) is 33.6 Å². The normalized spacial score (nSPS) is 13.6. The van der Waals surface area contributed by atoms with E-state index in [0.717, 1.165) is 52.8 Å². The molecule has 41 heavy (non-hydrogen) atoms. The van der Waals surface area contributed by atoms with Crippen molar-refractivity contribution in [3.05, 3.63) is 64.2 Å². The molecule has 0 heterocycles. The molecule has 2 aromatic carbocycles. The number of carbonyl (C=O) groups is 3. The van der Waals surface area contributed by atoms with E-state index in [-0.39, 0.29) is 17.7 Å². The Morgan fingerprint density at radius 2 is 1.56 bits per heavy atom. The highest BCUT2D eigenvalue weighted by atomic mass is 16.6. The van der Waals surface area contributed by atoms with E-state index < -0.39 is 23.8 Å². The Bertz CT molecular complexity index is 1180. The topological polar surface area (TPSA) is 87.7 Å². The van der Waals surface area contributed by atoms with E-state index in [4.69, 9.17) is 4.74 Å². The first-order chi connectivity index (χ1) is 19.2. The van der Waals surface area contributed by atoms with Crippen molar-refractivity contribution >= 4 is 23.6 Å². The third kappa shape index (κ3) is 9.61. The van der Waals surface area contributed by atoms with E-state index in [1.165, 1.54) is 0 Å². The first-order valence-corrected chi connectivity index (χ1v) is 14.9. The number of rotatable bonds is 12. The molecule has 0 saturated carbocycles. The standard InChI is InChI=1S/C34H51N3O4/c1-11-13-14-20-37(32(39)29(23(4)12-2)36-33(40)41-34(8,9)10)30(27-21-22(3)18-19-24(27)5)31(38)35-28-25(6)16-15-17-26(28)7/h15-19,21,23,29-30H,11-14,20H2,1-10H3,(H,35,38)(H,36,40). The van der Waals surface area contributed by atoms with Crippen LogP contribution in [0.1, 0.15) is 101 Å². The van der Waals surface area contributed by atoms with Crippen molar-refractivity contribution in [3.8, 4) is 0 Å². The Kier molecular flexibility index (Phi) is 12.4. The van der Waals surface area contributed by atoms with Crippen LogP contribution in [0.4, 0.5) is 10.5 Å². The smallest absolute Gasteiger partial charge is 0.408 e. The van der Waals surface area contributed by atoms with Gasteiger partial charge in [-0.2, -0.15) is 0 Å². The lowest BCUT2D eigenvalue weighted by molar-refractivity contribution is -0.142. The second-order valence-electron chi connectivity index (χ2n) is 12.3. The van der Waals surface area contributed by atoms with Crippen LogP contribution in [0.3, 0.4) is 0 Å². The Labute approximate surface area is 247 Å². The van der Waals surface area contributed by atoms with Crippen molar-refractivity contribution in [2.45, 2.75) is 113 Å². The number of benzene rings is 2. The number of nitrogens with zero attached hydrogens (tertiary/aromatic N) is 1. The summed E-state index contributed by atoms with van der Waals surface area (Å²) < 4.78 is 5.52. The average molecular weight is 566 g/mol. The van der Waals surface area contributed by atoms with Crippen molar-refractivity contribution < 1.29 is 19.1 Å². The molecule has 226 valence electrons. The molecule has 0 aliphatic rings. The SMILES string of the molecule is CCCCCN(C(=O)C(NC(=O)OC(C)(C)C)C(C)CC)C(C(=O)Nc1c(C)cccc1C)c1cc(C)ccc1C. The van der Waals surface area contributed by atoms with Gasteiger partial charge in [-0.05, 0) is 83.1 Å². The second kappa shape index (κ2) is 15.0. The fourth-order valence-electron chi connectivity index (χ4n) is 4.90. The number of amides is 3. The van der Waals surface area contributed by atoms with E-state index in [9.17, 15) is 14.4 Å². The molecule has 0 bridgehead atoms. The number of hydrogen-bond acceptors (Lipinski definition) is 4. The molecule has 3 amide bonds. The van der Waals surface area contributed by atoms with Crippen LogP contribution in [0.15, 0.2) is 36.4 Å². The largest absolute Gasteiger partial charge is 0.444 e. The van der Waals surface area contributed by atoms with Gasteiger partial charge in [-0.15, -0.1) is 0 Å². The number of nitrogens with one attached hydrogen (secondary N) is 2. The van der Waals surface area contributed by atoms with Gasteiger partial charge in [-0.25, -0.2) is 4.79 Å². The zero-order chi connectivity index (χ0) is 30.9. The van der Waals surface area contributed by atoms with Crippen molar-refractivity contribution in [1.29, 1.82) is 0 Å². The predicted octanol–water partition coefficient (Wildman–Crippen LogP) is 7.56. The van der Waals surface area contributed by atoms with E-state index in [0.29, 0.717) is 13.0 Å². The summed E-state index contributed by atoms with van der Waals surface area (Å²) in [5.41, 5.74) is 4.64. The van der Waals surface area contributed by atoms with E-state index in [1.54, 1.807) is 25.7 Å². The minimum Gasteiger partial charge on any atom is -0.444 e. The van der Waals surface area contributed by atoms with Gasteiger partial charge < -0.3 is 20.3 Å². The van der Waals surface area contributed by atoms with Crippen LogP contribution >= 0.6 is 0 Å². The number of hydrogen-bond donors (Lipinski definition) is 2. The lowest BCUT2D eigenvalue weighted by Crippen LogP contribution is -2.55. The highest BCUT2D eigenvalue weighted by Crippen LogP contribution is 2.31. The highest BCUT2D eigenvalue weighted by molar-refractivity contribution is 6.00. The molecule has 3 unspecified atom stereocenters. The van der Waals surface area contributed by atoms with Crippen LogP contribution in [-0.2, 0) is 14.3 Å². The first kappa shape index (κ1) is 33.9. The zero-order valence-corrected chi connectivity index (χ0v) is 26.8. The second-order valence-corrected chi connectivity index (χ2v) is 12.3. The number of unbranched alkanes of at least 4 members (excludes halogenated alkanes) is 2. The Morgan fingerprint density at radius 3 is 2.12 bits per heavy atom. The third-order valence-electron chi connectivity index (χ3n) is 7.46. The van der Waals surface area contributed by atoms with E-state index >= 15 is 0 Å². The van der Waals surface area contributed by atoms with Gasteiger partial charge in [0.05, 0.1) is 0 Å². The summed E-state index contributed by atoms with van der Waals surface area (Å²) in [7, 11) is 0. The molecule has 2 N–H and O–H groups in total. The summed E-state index contributed by atoms with van der Waals surface area (Å²) in [4.78, 5) is 43.4. The number of para-hydroxylation sites is 1. The maximum Gasteiger partial charge on any atom is 0.408 e. The molecule has 7 nitrogen and oxygen atoms in total. The van der Waals surface area contributed by atoms with Gasteiger partial charge in [-0.3, -0.25) is 9.59 Å². The van der Waals surface area contributed by atoms with Crippen molar-refractivity contribution in [3.63, 3.8) is 0 Å². The fraction of sp³-hybridized carbons (Fsp3) is 0.559. The Hall–Kier alpha value is -3.35. The van der Waals surface area contributed by atoms with Crippen LogP contribution in [0.5, 0.6) is 0 Å². The Morgan fingerprint density at radius 1 is 0.927 bits per heavy atom. The van der Waals surface area contributed by atoms with Gasteiger partial charge in [0, 0.05) is 12.2 Å². The molecule has 2 rings (SSSR count). The quantitative estimate of drug-likeness (QED) is 0.260. The summed E-state index contributed by atoms with van der Waals surface area (Å²) in [6.07, 6.45) is 2.64. The molecule has 0 aliphatic heterocycles. The lowest BCUT2D eigenvalue weighted by Gasteiger charge is -2.37. The van der Waals surface area contributed by atoms with Crippen molar-refractivity contribution in [2.75, 3.05) is 11.9 Å². The monoisotopic (exact) mass is 565 g/mol. The molecule has 0 spiro atoms. The number of anilines is 1. The summed E-state index contributed by atoms with van der Waals surface area (Å²) in [5, 5.41) is 6.01. The predicted molar refractivity (Wildman–Crippen MR) is 167 cm³/mol. The summed E-state index contributed by atoms with van der Waals surface area (Å²) in [5.74, 6) is -0.741. The average Bonchev–Trinajstić information content (AvgIpc) is 2.89. The minimum absolute atomic E-state index is 0.176. The molecule has 0 aromatic heterocycles. The molecule has 0 aliphatic carbocycles. The third-order valence-corrected chi connectivity index (χ3v) is 7.46. The number of carbonyl (C=O) groups excluding carboxylic acids is 3. The van der Waals surface area contributed by atoms with Crippen molar-refractivity contribution in [2.24, 2.45) is 5.92 Å². The molecule has 3 atom stereocenters. The maximum absolute atomic E-state index is 14.5. The number of alkyl carbamates (subject to hydrolysis) is 1. The van der Waals surface area contributed by atoms with Gasteiger partial charge in [0.2, 0.25) is 5.91 Å². The van der Waals surface area contributed by atoms with Gasteiger partial charge in [0.25, 0.3) is 5.91 Å². The van der Waals surface area contributed by atoms with Crippen LogP contribution in [0.25, 0.3) is 0 Å². The van der Waals surface area contributed by atoms with Crippen LogP contribution in [0.2, 0.25) is 0 Å². The molecular weight excluding hydrogens is 514 g/mol. The summed E-state index contributed by atoms with van der Waals surface area (Å²) in [6.45, 7) is 19.7. The molecule has 0 saturated heterocycles. The van der Waals surface area contributed by atoms with Gasteiger partial charge >= 0.3 is 6.09 Å². The molecule has 0 radical (unpaired) electrons. The van der Waals surface area contributed by atoms with E-state index in [1.807, 2.05) is 77.9 Å². The lowest BCUT2D eigenvalue weighted by atomic mass is 9.93. The first-order valence-electron chi connectivity index (χ1n) is 14.9. The minimum atomic E-state index is -0.884. The zero-order valence-electron chi connectivity index (χ0n) is 26.8. The van der Waals surface area contributed by atoms with Gasteiger partial charge in [0.1, 0.15) is 17.7 Å². The highest BCUT2D eigenvalue weighted by Gasteiger charge is 2.38. The summed E-state index contributed by atoms with van der Waals surface area (Å²) >= 11 is 0. The number of ether oxygens (including phenoxy) is 1. The molecule has 0 fully saturated rings. The van der Waals surface area contributed by atoms with E-state index in [2.05, 4.69) is 17.6 Å². The Balaban J connectivity index is 2.66.